The molecule has 4 nitrogen and oxygen atoms in total. The minimum Gasteiger partial charge on any atom is -0.480 e. The summed E-state index contributed by atoms with van der Waals surface area (Å²) >= 11 is 1.35. The monoisotopic (exact) mass is 231 g/mol. The summed E-state index contributed by atoms with van der Waals surface area (Å²) in [6.07, 6.45) is 3.20. The van der Waals surface area contributed by atoms with Crippen molar-refractivity contribution in [1.29, 1.82) is 0 Å². The van der Waals surface area contributed by atoms with Gasteiger partial charge in [-0.15, -0.1) is 11.8 Å². The molecule has 1 fully saturated rings. The molecule has 0 aromatic carbocycles. The lowest BCUT2D eigenvalue weighted by atomic mass is 10.3. The second-order valence-electron chi connectivity index (χ2n) is 3.70. The number of carbonyl (C=O) groups excluding carboxylic acids is 1. The Kier molecular flexibility index (Phi) is 4.94. The maximum atomic E-state index is 11.3. The number of hydrogen-bond acceptors (Lipinski definition) is 3. The summed E-state index contributed by atoms with van der Waals surface area (Å²) in [5.41, 5.74) is 0. The molecule has 1 aliphatic carbocycles. The molecule has 1 rings (SSSR count). The van der Waals surface area contributed by atoms with Crippen LogP contribution in [-0.4, -0.2) is 34.0 Å². The van der Waals surface area contributed by atoms with Crippen molar-refractivity contribution in [1.82, 2.24) is 5.32 Å². The van der Waals surface area contributed by atoms with E-state index in [1.165, 1.54) is 11.8 Å². The Labute approximate surface area is 93.8 Å². The third-order valence-corrected chi connectivity index (χ3v) is 3.61. The highest BCUT2D eigenvalue weighted by Crippen LogP contribution is 2.19. The van der Waals surface area contributed by atoms with Crippen LogP contribution in [0.25, 0.3) is 0 Å². The van der Waals surface area contributed by atoms with Gasteiger partial charge in [-0.1, -0.05) is 6.92 Å². The van der Waals surface area contributed by atoms with Crippen LogP contribution in [0.4, 0.5) is 0 Å². The molecule has 0 radical (unpaired) electrons. The van der Waals surface area contributed by atoms with E-state index in [9.17, 15) is 9.59 Å². The summed E-state index contributed by atoms with van der Waals surface area (Å²) in [6, 6.07) is 0.393. The Morgan fingerprint density at radius 3 is 2.67 bits per heavy atom. The Morgan fingerprint density at radius 2 is 2.20 bits per heavy atom. The summed E-state index contributed by atoms with van der Waals surface area (Å²) < 4.78 is 0. The fourth-order valence-corrected chi connectivity index (χ4v) is 2.15. The van der Waals surface area contributed by atoms with Crippen molar-refractivity contribution in [2.45, 2.75) is 43.9 Å². The zero-order valence-corrected chi connectivity index (χ0v) is 9.68. The fourth-order valence-electron chi connectivity index (χ4n) is 1.19. The first kappa shape index (κ1) is 12.4. The number of nitrogens with one attached hydrogen (secondary N) is 1. The summed E-state index contributed by atoms with van der Waals surface area (Å²) in [6.45, 7) is 1.84. The van der Waals surface area contributed by atoms with Crippen molar-refractivity contribution < 1.29 is 14.7 Å². The summed E-state index contributed by atoms with van der Waals surface area (Å²) in [5, 5.41) is 11.3. The predicted octanol–water partition coefficient (Wildman–Crippen LogP) is 1.25. The van der Waals surface area contributed by atoms with Crippen molar-refractivity contribution in [3.63, 3.8) is 0 Å². The first-order valence-electron chi connectivity index (χ1n) is 5.27. The van der Waals surface area contributed by atoms with Gasteiger partial charge in [0.1, 0.15) is 5.25 Å². The topological polar surface area (TPSA) is 66.4 Å². The lowest BCUT2D eigenvalue weighted by molar-refractivity contribution is -0.136. The van der Waals surface area contributed by atoms with Crippen LogP contribution in [0.3, 0.4) is 0 Å². The number of thioether (sulfide) groups is 1. The van der Waals surface area contributed by atoms with Crippen LogP contribution in [0.2, 0.25) is 0 Å². The average Bonchev–Trinajstić information content (AvgIpc) is 2.95. The number of carboxylic acid groups (broad SMARTS) is 1. The lowest BCUT2D eigenvalue weighted by Crippen LogP contribution is -2.26. The van der Waals surface area contributed by atoms with E-state index in [0.29, 0.717) is 24.6 Å². The normalized spacial score (nSPS) is 17.1. The van der Waals surface area contributed by atoms with Crippen LogP contribution < -0.4 is 5.32 Å². The minimum atomic E-state index is -0.787. The van der Waals surface area contributed by atoms with Crippen LogP contribution in [0.15, 0.2) is 0 Å². The SMILES string of the molecule is CCC(SCCC(=O)NC1CC1)C(=O)O. The molecule has 2 N–H and O–H groups in total. The first-order valence-corrected chi connectivity index (χ1v) is 6.32. The second kappa shape index (κ2) is 6.00. The third-order valence-electron chi connectivity index (χ3n) is 2.24. The molecule has 1 aliphatic rings. The van der Waals surface area contributed by atoms with Crippen molar-refractivity contribution in [3.8, 4) is 0 Å². The molecule has 5 heteroatoms. The highest BCUT2D eigenvalue weighted by Gasteiger charge is 2.23. The van der Waals surface area contributed by atoms with Gasteiger partial charge in [-0.25, -0.2) is 0 Å². The maximum Gasteiger partial charge on any atom is 0.316 e. The van der Waals surface area contributed by atoms with E-state index in [2.05, 4.69) is 5.32 Å². The average molecular weight is 231 g/mol. The fraction of sp³-hybridized carbons (Fsp3) is 0.800. The molecule has 1 atom stereocenters. The van der Waals surface area contributed by atoms with Gasteiger partial charge in [-0.05, 0) is 19.3 Å². The molecule has 1 unspecified atom stereocenters. The van der Waals surface area contributed by atoms with E-state index in [-0.39, 0.29) is 11.2 Å². The third kappa shape index (κ3) is 5.06. The number of aliphatic carboxylic acids is 1. The zero-order valence-electron chi connectivity index (χ0n) is 8.86. The first-order chi connectivity index (χ1) is 7.13. The molecule has 0 spiro atoms. The highest BCUT2D eigenvalue weighted by atomic mass is 32.2. The van der Waals surface area contributed by atoms with E-state index in [1.807, 2.05) is 6.92 Å². The minimum absolute atomic E-state index is 0.0465. The van der Waals surface area contributed by atoms with Gasteiger partial charge in [0, 0.05) is 18.2 Å². The van der Waals surface area contributed by atoms with Crippen molar-refractivity contribution >= 4 is 23.6 Å². The van der Waals surface area contributed by atoms with Gasteiger partial charge in [0.2, 0.25) is 5.91 Å². The molecule has 1 amide bonds. The van der Waals surface area contributed by atoms with Crippen LogP contribution in [0.1, 0.15) is 32.6 Å². The number of amides is 1. The second-order valence-corrected chi connectivity index (χ2v) is 5.01. The van der Waals surface area contributed by atoms with Crippen LogP contribution in [0.5, 0.6) is 0 Å². The van der Waals surface area contributed by atoms with E-state index >= 15 is 0 Å². The number of carboxylic acids is 1. The number of rotatable bonds is 7. The molecule has 0 aliphatic heterocycles. The smallest absolute Gasteiger partial charge is 0.316 e. The van der Waals surface area contributed by atoms with Crippen LogP contribution in [0, 0.1) is 0 Å². The summed E-state index contributed by atoms with van der Waals surface area (Å²) in [4.78, 5) is 21.9. The molecule has 86 valence electrons. The van der Waals surface area contributed by atoms with Crippen LogP contribution >= 0.6 is 11.8 Å². The van der Waals surface area contributed by atoms with Gasteiger partial charge in [-0.3, -0.25) is 9.59 Å². The number of hydrogen-bond donors (Lipinski definition) is 2. The molecule has 1 saturated carbocycles. The van der Waals surface area contributed by atoms with Gasteiger partial charge < -0.3 is 10.4 Å². The van der Waals surface area contributed by atoms with Gasteiger partial charge >= 0.3 is 5.97 Å². The van der Waals surface area contributed by atoms with Crippen molar-refractivity contribution in [2.75, 3.05) is 5.75 Å². The van der Waals surface area contributed by atoms with Gasteiger partial charge in [0.15, 0.2) is 0 Å². The Bertz CT molecular complexity index is 241. The summed E-state index contributed by atoms with van der Waals surface area (Å²) in [5.74, 6) is -0.154. The molecule has 0 saturated heterocycles. The molecule has 15 heavy (non-hydrogen) atoms. The standard InChI is InChI=1S/C10H17NO3S/c1-2-8(10(13)14)15-6-5-9(12)11-7-3-4-7/h7-8H,2-6H2,1H3,(H,11,12)(H,13,14). The van der Waals surface area contributed by atoms with Crippen molar-refractivity contribution in [2.24, 2.45) is 0 Å². The molecule has 0 heterocycles. The van der Waals surface area contributed by atoms with Crippen LogP contribution in [-0.2, 0) is 9.59 Å². The van der Waals surface area contributed by atoms with Gasteiger partial charge in [0.25, 0.3) is 0 Å². The molecule has 0 aromatic heterocycles. The van der Waals surface area contributed by atoms with Gasteiger partial charge in [-0.2, -0.15) is 0 Å². The van der Waals surface area contributed by atoms with E-state index < -0.39 is 5.97 Å². The largest absolute Gasteiger partial charge is 0.480 e. The van der Waals surface area contributed by atoms with E-state index in [1.54, 1.807) is 0 Å². The quantitative estimate of drug-likeness (QED) is 0.692. The maximum absolute atomic E-state index is 11.3. The molecule has 0 aromatic rings. The molecular weight excluding hydrogens is 214 g/mol. The van der Waals surface area contributed by atoms with Crippen molar-refractivity contribution in [3.05, 3.63) is 0 Å². The lowest BCUT2D eigenvalue weighted by Gasteiger charge is -2.08. The molecule has 0 bridgehead atoms. The molecular formula is C10H17NO3S. The predicted molar refractivity (Wildman–Crippen MR) is 60.0 cm³/mol. The Balaban J connectivity index is 2.07. The zero-order chi connectivity index (χ0) is 11.3. The Morgan fingerprint density at radius 1 is 1.53 bits per heavy atom. The Hall–Kier alpha value is -0.710. The summed E-state index contributed by atoms with van der Waals surface area (Å²) in [7, 11) is 0. The number of carbonyl (C=O) groups is 2. The highest BCUT2D eigenvalue weighted by molar-refractivity contribution is 8.00. The van der Waals surface area contributed by atoms with E-state index in [0.717, 1.165) is 12.8 Å². The van der Waals surface area contributed by atoms with E-state index in [4.69, 9.17) is 5.11 Å². The van der Waals surface area contributed by atoms with Gasteiger partial charge in [0.05, 0.1) is 0 Å².